The van der Waals surface area contributed by atoms with Gasteiger partial charge in [-0.25, -0.2) is 9.67 Å². The Morgan fingerprint density at radius 1 is 1.18 bits per heavy atom. The van der Waals surface area contributed by atoms with Crippen LogP contribution in [0.25, 0.3) is 16.7 Å². The van der Waals surface area contributed by atoms with Crippen LogP contribution in [0.5, 0.6) is 0 Å². The molecule has 0 amide bonds. The van der Waals surface area contributed by atoms with Gasteiger partial charge in [0.2, 0.25) is 5.95 Å². The summed E-state index contributed by atoms with van der Waals surface area (Å²) in [6.45, 7) is 3.67. The van der Waals surface area contributed by atoms with Gasteiger partial charge in [-0.05, 0) is 48.9 Å². The van der Waals surface area contributed by atoms with E-state index in [0.29, 0.717) is 23.9 Å². The number of aromatic amines is 1. The van der Waals surface area contributed by atoms with Crippen molar-refractivity contribution in [1.29, 1.82) is 0 Å². The number of H-pyrrole nitrogens is 1. The zero-order chi connectivity index (χ0) is 23.5. The number of aromatic nitrogens is 6. The fourth-order valence-electron chi connectivity index (χ4n) is 5.14. The highest BCUT2D eigenvalue weighted by Crippen LogP contribution is 2.27. The smallest absolute Gasteiger partial charge is 0.278 e. The van der Waals surface area contributed by atoms with Crippen LogP contribution in [0.3, 0.4) is 0 Å². The zero-order valence-corrected chi connectivity index (χ0v) is 20.1. The maximum absolute atomic E-state index is 13.1. The molecule has 0 saturated heterocycles. The standard InChI is InChI=1S/C26H33N7O/c1-3-9-22-23-24(31(2)30-22)25(34)29-26(28-23)32(17-19-10-5-4-6-11-19)18-20-12-7-13-21(16-20)33-15-8-14-27-33/h7-8,12-16,19H,3-6,9-11,17-18H2,1-2H3,(H,28,29,34). The number of anilines is 1. The normalized spacial score (nSPS) is 14.6. The number of benzene rings is 1. The maximum Gasteiger partial charge on any atom is 0.278 e. The van der Waals surface area contributed by atoms with Crippen LogP contribution in [-0.2, 0) is 20.0 Å². The van der Waals surface area contributed by atoms with E-state index in [0.717, 1.165) is 41.8 Å². The second kappa shape index (κ2) is 9.83. The predicted molar refractivity (Wildman–Crippen MR) is 134 cm³/mol. The summed E-state index contributed by atoms with van der Waals surface area (Å²) in [6.07, 6.45) is 11.8. The van der Waals surface area contributed by atoms with Crippen LogP contribution in [0.15, 0.2) is 47.5 Å². The fourth-order valence-corrected chi connectivity index (χ4v) is 5.14. The van der Waals surface area contributed by atoms with Gasteiger partial charge in [0.1, 0.15) is 5.52 Å². The molecule has 8 nitrogen and oxygen atoms in total. The Kier molecular flexibility index (Phi) is 6.47. The second-order valence-corrected chi connectivity index (χ2v) is 9.41. The molecular formula is C26H33N7O. The number of nitrogens with one attached hydrogen (secondary N) is 1. The lowest BCUT2D eigenvalue weighted by molar-refractivity contribution is 0.356. The van der Waals surface area contributed by atoms with E-state index in [-0.39, 0.29) is 5.56 Å². The van der Waals surface area contributed by atoms with E-state index in [2.05, 4.69) is 51.3 Å². The number of fused-ring (bicyclic) bond motifs is 1. The SMILES string of the molecule is CCCc1nn(C)c2c(=O)[nH]c(N(Cc3cccc(-n4cccn4)c3)CC3CCCCC3)nc12. The van der Waals surface area contributed by atoms with Crippen LogP contribution < -0.4 is 10.5 Å². The van der Waals surface area contributed by atoms with Crippen LogP contribution in [0.2, 0.25) is 0 Å². The van der Waals surface area contributed by atoms with E-state index in [1.54, 1.807) is 10.9 Å². The van der Waals surface area contributed by atoms with Gasteiger partial charge in [0, 0.05) is 32.5 Å². The predicted octanol–water partition coefficient (Wildman–Crippen LogP) is 4.38. The molecule has 0 unspecified atom stereocenters. The van der Waals surface area contributed by atoms with Gasteiger partial charge in [0.15, 0.2) is 5.52 Å². The number of nitrogens with zero attached hydrogens (tertiary/aromatic N) is 6. The lowest BCUT2D eigenvalue weighted by Crippen LogP contribution is -2.33. The molecule has 5 rings (SSSR count). The molecule has 1 saturated carbocycles. The van der Waals surface area contributed by atoms with Crippen LogP contribution in [-0.4, -0.2) is 36.1 Å². The van der Waals surface area contributed by atoms with Gasteiger partial charge in [0.05, 0.1) is 11.4 Å². The van der Waals surface area contributed by atoms with E-state index in [4.69, 9.17) is 4.98 Å². The van der Waals surface area contributed by atoms with Crippen molar-refractivity contribution < 1.29 is 0 Å². The first-order chi connectivity index (χ1) is 16.6. The maximum atomic E-state index is 13.1. The molecular weight excluding hydrogens is 426 g/mol. The first kappa shape index (κ1) is 22.4. The third kappa shape index (κ3) is 4.62. The largest absolute Gasteiger partial charge is 0.338 e. The highest BCUT2D eigenvalue weighted by Gasteiger charge is 2.22. The summed E-state index contributed by atoms with van der Waals surface area (Å²) in [5, 5.41) is 8.95. The van der Waals surface area contributed by atoms with Crippen molar-refractivity contribution in [3.8, 4) is 5.69 Å². The van der Waals surface area contributed by atoms with Gasteiger partial charge in [-0.3, -0.25) is 14.5 Å². The monoisotopic (exact) mass is 459 g/mol. The Hall–Kier alpha value is -3.42. The van der Waals surface area contributed by atoms with Crippen LogP contribution >= 0.6 is 0 Å². The molecule has 3 heterocycles. The molecule has 178 valence electrons. The molecule has 34 heavy (non-hydrogen) atoms. The summed E-state index contributed by atoms with van der Waals surface area (Å²) in [6, 6.07) is 10.3. The highest BCUT2D eigenvalue weighted by molar-refractivity contribution is 5.77. The van der Waals surface area contributed by atoms with Gasteiger partial charge in [-0.1, -0.05) is 44.7 Å². The average Bonchev–Trinajstić information content (AvgIpc) is 3.49. The minimum atomic E-state index is -0.128. The van der Waals surface area contributed by atoms with Crippen LogP contribution in [0.4, 0.5) is 5.95 Å². The Morgan fingerprint density at radius 3 is 2.79 bits per heavy atom. The molecule has 1 aromatic carbocycles. The fraction of sp³-hybridized carbons (Fsp3) is 0.462. The lowest BCUT2D eigenvalue weighted by atomic mass is 9.89. The quantitative estimate of drug-likeness (QED) is 0.423. The first-order valence-corrected chi connectivity index (χ1v) is 12.4. The van der Waals surface area contributed by atoms with E-state index < -0.39 is 0 Å². The molecule has 0 spiro atoms. The highest BCUT2D eigenvalue weighted by atomic mass is 16.1. The number of hydrogen-bond acceptors (Lipinski definition) is 5. The van der Waals surface area contributed by atoms with Crippen molar-refractivity contribution in [2.75, 3.05) is 11.4 Å². The Bertz CT molecular complexity index is 1300. The summed E-state index contributed by atoms with van der Waals surface area (Å²) in [5.74, 6) is 1.24. The van der Waals surface area contributed by atoms with Crippen molar-refractivity contribution >= 4 is 17.0 Å². The van der Waals surface area contributed by atoms with Crippen molar-refractivity contribution in [2.45, 2.75) is 58.4 Å². The molecule has 0 radical (unpaired) electrons. The molecule has 1 fully saturated rings. The van der Waals surface area contributed by atoms with E-state index >= 15 is 0 Å². The van der Waals surface area contributed by atoms with Crippen LogP contribution in [0, 0.1) is 5.92 Å². The molecule has 3 aromatic heterocycles. The summed E-state index contributed by atoms with van der Waals surface area (Å²) in [7, 11) is 1.82. The van der Waals surface area contributed by atoms with Gasteiger partial charge in [-0.15, -0.1) is 0 Å². The molecule has 1 N–H and O–H groups in total. The molecule has 0 atom stereocenters. The van der Waals surface area contributed by atoms with Gasteiger partial charge < -0.3 is 4.90 Å². The number of rotatable bonds is 8. The Morgan fingerprint density at radius 2 is 2.03 bits per heavy atom. The zero-order valence-electron chi connectivity index (χ0n) is 20.1. The summed E-state index contributed by atoms with van der Waals surface area (Å²) in [5.41, 5.74) is 4.22. The number of hydrogen-bond donors (Lipinski definition) is 1. The summed E-state index contributed by atoms with van der Waals surface area (Å²) < 4.78 is 3.53. The molecule has 1 aliphatic carbocycles. The Labute approximate surface area is 199 Å². The minimum Gasteiger partial charge on any atom is -0.338 e. The van der Waals surface area contributed by atoms with Crippen LogP contribution in [0.1, 0.15) is 56.7 Å². The van der Waals surface area contributed by atoms with Gasteiger partial charge in [-0.2, -0.15) is 10.2 Å². The third-order valence-corrected chi connectivity index (χ3v) is 6.79. The molecule has 8 heteroatoms. The molecule has 0 aliphatic heterocycles. The van der Waals surface area contributed by atoms with Gasteiger partial charge >= 0.3 is 0 Å². The second-order valence-electron chi connectivity index (χ2n) is 9.41. The number of aryl methyl sites for hydroxylation is 2. The molecule has 0 bridgehead atoms. The molecule has 4 aromatic rings. The van der Waals surface area contributed by atoms with Crippen molar-refractivity contribution in [2.24, 2.45) is 13.0 Å². The average molecular weight is 460 g/mol. The third-order valence-electron chi connectivity index (χ3n) is 6.79. The van der Waals surface area contributed by atoms with Crippen molar-refractivity contribution in [3.05, 3.63) is 64.3 Å². The van der Waals surface area contributed by atoms with Gasteiger partial charge in [0.25, 0.3) is 5.56 Å². The molecule has 1 aliphatic rings. The summed E-state index contributed by atoms with van der Waals surface area (Å²) >= 11 is 0. The van der Waals surface area contributed by atoms with Crippen molar-refractivity contribution in [3.63, 3.8) is 0 Å². The van der Waals surface area contributed by atoms with E-state index in [1.807, 2.05) is 24.0 Å². The topological polar surface area (TPSA) is 84.6 Å². The van der Waals surface area contributed by atoms with E-state index in [1.165, 1.54) is 32.1 Å². The minimum absolute atomic E-state index is 0.128. The Balaban J connectivity index is 1.52. The summed E-state index contributed by atoms with van der Waals surface area (Å²) in [4.78, 5) is 23.4. The van der Waals surface area contributed by atoms with Crippen molar-refractivity contribution in [1.82, 2.24) is 29.5 Å². The first-order valence-electron chi connectivity index (χ1n) is 12.4. The lowest BCUT2D eigenvalue weighted by Gasteiger charge is -2.30. The van der Waals surface area contributed by atoms with E-state index in [9.17, 15) is 4.79 Å².